The highest BCUT2D eigenvalue weighted by Gasteiger charge is 2.15. The summed E-state index contributed by atoms with van der Waals surface area (Å²) < 4.78 is 6.21. The van der Waals surface area contributed by atoms with Gasteiger partial charge in [0.25, 0.3) is 0 Å². The van der Waals surface area contributed by atoms with E-state index in [2.05, 4.69) is 26.2 Å². The minimum Gasteiger partial charge on any atom is -0.396 e. The van der Waals surface area contributed by atoms with Gasteiger partial charge in [0, 0.05) is 25.5 Å². The lowest BCUT2D eigenvalue weighted by Crippen LogP contribution is -2.28. The fraction of sp³-hybridized carbons (Fsp3) is 0.500. The van der Waals surface area contributed by atoms with Crippen molar-refractivity contribution in [3.8, 4) is 0 Å². The van der Waals surface area contributed by atoms with E-state index in [1.165, 1.54) is 0 Å². The van der Waals surface area contributed by atoms with Crippen LogP contribution in [-0.4, -0.2) is 24.2 Å². The van der Waals surface area contributed by atoms with Gasteiger partial charge in [-0.3, -0.25) is 4.98 Å². The van der Waals surface area contributed by atoms with E-state index < -0.39 is 0 Å². The van der Waals surface area contributed by atoms with Crippen LogP contribution in [0.25, 0.3) is 0 Å². The molecule has 1 saturated heterocycles. The Bertz CT molecular complexity index is 319. The average molecular weight is 272 g/mol. The highest BCUT2D eigenvalue weighted by molar-refractivity contribution is 9.10. The lowest BCUT2D eigenvalue weighted by atomic mass is 10.1. The Kier molecular flexibility index (Phi) is 3.43. The van der Waals surface area contributed by atoms with Gasteiger partial charge in [0.05, 0.1) is 22.0 Å². The van der Waals surface area contributed by atoms with Gasteiger partial charge in [0.1, 0.15) is 0 Å². The fourth-order valence-electron chi connectivity index (χ4n) is 1.65. The summed E-state index contributed by atoms with van der Waals surface area (Å²) in [5.74, 6) is 0. The van der Waals surface area contributed by atoms with Crippen molar-refractivity contribution in [2.24, 2.45) is 0 Å². The summed E-state index contributed by atoms with van der Waals surface area (Å²) >= 11 is 3.44. The zero-order valence-electron chi connectivity index (χ0n) is 8.37. The number of rotatable bonds is 2. The standard InChI is InChI=1S/C10H14BrN3O/c11-8-5-13-6-9(12)10(8)14-7-1-3-15-4-2-7/h5-7H,1-4,12H2,(H,13,14). The molecule has 0 radical (unpaired) electrons. The third kappa shape index (κ3) is 2.60. The summed E-state index contributed by atoms with van der Waals surface area (Å²) in [6, 6.07) is 0.444. The van der Waals surface area contributed by atoms with Crippen molar-refractivity contribution in [3.63, 3.8) is 0 Å². The van der Waals surface area contributed by atoms with Gasteiger partial charge in [-0.2, -0.15) is 0 Å². The molecule has 0 amide bonds. The Morgan fingerprint density at radius 2 is 2.13 bits per heavy atom. The van der Waals surface area contributed by atoms with Crippen LogP contribution >= 0.6 is 15.9 Å². The number of nitrogens with two attached hydrogens (primary N) is 1. The van der Waals surface area contributed by atoms with Crippen LogP contribution in [0.4, 0.5) is 11.4 Å². The maximum absolute atomic E-state index is 5.85. The highest BCUT2D eigenvalue weighted by atomic mass is 79.9. The van der Waals surface area contributed by atoms with Gasteiger partial charge in [-0.1, -0.05) is 0 Å². The molecule has 0 saturated carbocycles. The average Bonchev–Trinajstić information content (AvgIpc) is 2.25. The molecule has 5 heteroatoms. The number of nitrogen functional groups attached to an aromatic ring is 1. The summed E-state index contributed by atoms with van der Waals surface area (Å²) in [5, 5.41) is 3.43. The fourth-order valence-corrected chi connectivity index (χ4v) is 2.11. The number of nitrogens with zero attached hydrogens (tertiary/aromatic N) is 1. The van der Waals surface area contributed by atoms with Crippen LogP contribution in [-0.2, 0) is 4.74 Å². The van der Waals surface area contributed by atoms with Crippen molar-refractivity contribution < 1.29 is 4.74 Å². The van der Waals surface area contributed by atoms with E-state index in [1.807, 2.05) is 0 Å². The van der Waals surface area contributed by atoms with Crippen molar-refractivity contribution >= 4 is 27.3 Å². The lowest BCUT2D eigenvalue weighted by molar-refractivity contribution is 0.0904. The molecule has 2 heterocycles. The molecule has 1 aromatic heterocycles. The van der Waals surface area contributed by atoms with Crippen LogP contribution in [0.2, 0.25) is 0 Å². The predicted octanol–water partition coefficient (Wildman–Crippen LogP) is 2.02. The van der Waals surface area contributed by atoms with Crippen LogP contribution in [0.1, 0.15) is 12.8 Å². The first-order valence-electron chi connectivity index (χ1n) is 5.00. The predicted molar refractivity (Wildman–Crippen MR) is 63.8 cm³/mol. The number of hydrogen-bond acceptors (Lipinski definition) is 4. The van der Waals surface area contributed by atoms with Gasteiger partial charge in [0.15, 0.2) is 0 Å². The lowest BCUT2D eigenvalue weighted by Gasteiger charge is -2.25. The Morgan fingerprint density at radius 1 is 1.40 bits per heavy atom. The van der Waals surface area contributed by atoms with E-state index in [0.717, 1.165) is 36.2 Å². The zero-order valence-corrected chi connectivity index (χ0v) is 9.96. The van der Waals surface area contributed by atoms with Crippen LogP contribution < -0.4 is 11.1 Å². The summed E-state index contributed by atoms with van der Waals surface area (Å²) in [5.41, 5.74) is 7.47. The van der Waals surface area contributed by atoms with E-state index in [-0.39, 0.29) is 0 Å². The number of hydrogen-bond donors (Lipinski definition) is 2. The van der Waals surface area contributed by atoms with Gasteiger partial charge < -0.3 is 15.8 Å². The molecular formula is C10H14BrN3O. The van der Waals surface area contributed by atoms with E-state index in [4.69, 9.17) is 10.5 Å². The van der Waals surface area contributed by atoms with Gasteiger partial charge in [-0.25, -0.2) is 0 Å². The molecular weight excluding hydrogens is 258 g/mol. The molecule has 1 fully saturated rings. The van der Waals surface area contributed by atoms with E-state index >= 15 is 0 Å². The van der Waals surface area contributed by atoms with Gasteiger partial charge in [0.2, 0.25) is 0 Å². The van der Waals surface area contributed by atoms with E-state index in [9.17, 15) is 0 Å². The number of aromatic nitrogens is 1. The first kappa shape index (κ1) is 10.7. The number of ether oxygens (including phenoxy) is 1. The molecule has 1 aliphatic rings. The number of halogens is 1. The monoisotopic (exact) mass is 271 g/mol. The molecule has 15 heavy (non-hydrogen) atoms. The summed E-state index contributed by atoms with van der Waals surface area (Å²) in [6.07, 6.45) is 5.45. The second kappa shape index (κ2) is 4.81. The molecule has 0 aliphatic carbocycles. The summed E-state index contributed by atoms with van der Waals surface area (Å²) in [7, 11) is 0. The first-order chi connectivity index (χ1) is 7.27. The quantitative estimate of drug-likeness (QED) is 0.864. The van der Waals surface area contributed by atoms with Crippen LogP contribution in [0, 0.1) is 0 Å². The molecule has 0 bridgehead atoms. The Morgan fingerprint density at radius 3 is 2.80 bits per heavy atom. The first-order valence-corrected chi connectivity index (χ1v) is 5.80. The molecule has 0 spiro atoms. The summed E-state index contributed by atoms with van der Waals surface area (Å²) in [6.45, 7) is 1.64. The molecule has 82 valence electrons. The van der Waals surface area contributed by atoms with Crippen molar-refractivity contribution in [2.45, 2.75) is 18.9 Å². The minimum atomic E-state index is 0.444. The van der Waals surface area contributed by atoms with Gasteiger partial charge >= 0.3 is 0 Å². The van der Waals surface area contributed by atoms with Crippen molar-refractivity contribution in [1.29, 1.82) is 0 Å². The SMILES string of the molecule is Nc1cncc(Br)c1NC1CCOCC1. The summed E-state index contributed by atoms with van der Waals surface area (Å²) in [4.78, 5) is 4.00. The third-order valence-electron chi connectivity index (χ3n) is 2.50. The minimum absolute atomic E-state index is 0.444. The third-order valence-corrected chi connectivity index (χ3v) is 3.10. The van der Waals surface area contributed by atoms with Crippen molar-refractivity contribution in [3.05, 3.63) is 16.9 Å². The smallest absolute Gasteiger partial charge is 0.0752 e. The molecule has 2 rings (SSSR count). The van der Waals surface area contributed by atoms with Crippen LogP contribution in [0.5, 0.6) is 0 Å². The molecule has 4 nitrogen and oxygen atoms in total. The van der Waals surface area contributed by atoms with Crippen LogP contribution in [0.3, 0.4) is 0 Å². The topological polar surface area (TPSA) is 60.2 Å². The largest absolute Gasteiger partial charge is 0.396 e. The molecule has 1 aliphatic heterocycles. The van der Waals surface area contributed by atoms with Crippen LogP contribution in [0.15, 0.2) is 16.9 Å². The Hall–Kier alpha value is -0.810. The zero-order chi connectivity index (χ0) is 10.7. The molecule has 0 aromatic carbocycles. The number of pyridine rings is 1. The number of anilines is 2. The highest BCUT2D eigenvalue weighted by Crippen LogP contribution is 2.28. The Balaban J connectivity index is 2.09. The van der Waals surface area contributed by atoms with Crippen molar-refractivity contribution in [1.82, 2.24) is 4.98 Å². The Labute approximate surface area is 97.3 Å². The van der Waals surface area contributed by atoms with Gasteiger partial charge in [-0.05, 0) is 28.8 Å². The maximum Gasteiger partial charge on any atom is 0.0752 e. The molecule has 3 N–H and O–H groups in total. The van der Waals surface area contributed by atoms with Gasteiger partial charge in [-0.15, -0.1) is 0 Å². The molecule has 0 atom stereocenters. The second-order valence-electron chi connectivity index (χ2n) is 3.62. The maximum atomic E-state index is 5.85. The van der Waals surface area contributed by atoms with E-state index in [1.54, 1.807) is 12.4 Å². The molecule has 0 unspecified atom stereocenters. The van der Waals surface area contributed by atoms with Crippen molar-refractivity contribution in [2.75, 3.05) is 24.3 Å². The number of nitrogens with one attached hydrogen (secondary N) is 1. The second-order valence-corrected chi connectivity index (χ2v) is 4.47. The normalized spacial score (nSPS) is 17.7. The van der Waals surface area contributed by atoms with E-state index in [0.29, 0.717) is 11.7 Å². The molecule has 1 aromatic rings.